The first-order chi connectivity index (χ1) is 13.4. The summed E-state index contributed by atoms with van der Waals surface area (Å²) in [6, 6.07) is 11.2. The van der Waals surface area contributed by atoms with Gasteiger partial charge in [-0.2, -0.15) is 0 Å². The zero-order chi connectivity index (χ0) is 20.3. The third-order valence-corrected chi connectivity index (χ3v) is 4.48. The molecule has 28 heavy (non-hydrogen) atoms. The molecule has 0 amide bonds. The molecule has 5 nitrogen and oxygen atoms in total. The van der Waals surface area contributed by atoms with Crippen LogP contribution in [-0.2, 0) is 4.74 Å². The molecule has 3 rings (SSSR count). The van der Waals surface area contributed by atoms with Gasteiger partial charge in [-0.15, -0.1) is 0 Å². The summed E-state index contributed by atoms with van der Waals surface area (Å²) in [4.78, 5) is 13.2. The second-order valence-corrected chi connectivity index (χ2v) is 6.88. The van der Waals surface area contributed by atoms with Gasteiger partial charge in [0, 0.05) is 17.7 Å². The molecule has 0 aliphatic carbocycles. The molecule has 0 atom stereocenters. The van der Waals surface area contributed by atoms with Gasteiger partial charge in [-0.05, 0) is 26.0 Å². The summed E-state index contributed by atoms with van der Waals surface area (Å²) in [5.74, 6) is 1.57. The quantitative estimate of drug-likeness (QED) is 0.411. The lowest BCUT2D eigenvalue weighted by atomic mass is 9.96. The van der Waals surface area contributed by atoms with Crippen molar-refractivity contribution in [3.05, 3.63) is 65.2 Å². The molecule has 2 aromatic carbocycles. The minimum Gasteiger partial charge on any atom is -0.496 e. The van der Waals surface area contributed by atoms with Crippen LogP contribution in [0.2, 0.25) is 0 Å². The van der Waals surface area contributed by atoms with Crippen LogP contribution in [0, 0.1) is 0 Å². The van der Waals surface area contributed by atoms with Crippen molar-refractivity contribution in [1.82, 2.24) is 0 Å². The van der Waals surface area contributed by atoms with Crippen molar-refractivity contribution in [2.45, 2.75) is 19.4 Å². The van der Waals surface area contributed by atoms with Crippen molar-refractivity contribution in [2.24, 2.45) is 0 Å². The predicted molar refractivity (Wildman–Crippen MR) is 109 cm³/mol. The summed E-state index contributed by atoms with van der Waals surface area (Å²) in [5.41, 5.74) is 1.38. The van der Waals surface area contributed by atoms with Gasteiger partial charge in [0.1, 0.15) is 34.2 Å². The maximum atomic E-state index is 13.2. The molecule has 0 unspecified atom stereocenters. The lowest BCUT2D eigenvalue weighted by Crippen LogP contribution is -2.27. The number of rotatable bonds is 6. The molecule has 2 aromatic rings. The van der Waals surface area contributed by atoms with E-state index in [4.69, 9.17) is 18.9 Å². The number of hydrogen-bond acceptors (Lipinski definition) is 5. The van der Waals surface area contributed by atoms with Crippen LogP contribution in [0.3, 0.4) is 0 Å². The Morgan fingerprint density at radius 1 is 1.07 bits per heavy atom. The Balaban J connectivity index is 2.13. The van der Waals surface area contributed by atoms with Crippen molar-refractivity contribution >= 4 is 17.6 Å². The number of benzene rings is 2. The number of ketones is 1. The lowest BCUT2D eigenvalue weighted by Gasteiger charge is -2.29. The van der Waals surface area contributed by atoms with Gasteiger partial charge in [-0.3, -0.25) is 4.79 Å². The Kier molecular flexibility index (Phi) is 5.45. The summed E-state index contributed by atoms with van der Waals surface area (Å²) < 4.78 is 22.5. The van der Waals surface area contributed by atoms with E-state index < -0.39 is 5.60 Å². The van der Waals surface area contributed by atoms with Crippen LogP contribution in [0.15, 0.2) is 48.6 Å². The Bertz CT molecular complexity index is 939. The van der Waals surface area contributed by atoms with E-state index in [-0.39, 0.29) is 5.78 Å². The van der Waals surface area contributed by atoms with Gasteiger partial charge in [0.2, 0.25) is 0 Å². The summed E-state index contributed by atoms with van der Waals surface area (Å²) >= 11 is 0. The molecular weight excluding hydrogens is 356 g/mol. The van der Waals surface area contributed by atoms with E-state index in [1.54, 1.807) is 6.07 Å². The molecule has 1 aliphatic rings. The Labute approximate surface area is 165 Å². The Hall–Kier alpha value is -3.21. The fraction of sp³-hybridized carbons (Fsp3) is 0.261. The average Bonchev–Trinajstić information content (AvgIpc) is 2.70. The Morgan fingerprint density at radius 3 is 2.39 bits per heavy atom. The van der Waals surface area contributed by atoms with Crippen molar-refractivity contribution in [2.75, 3.05) is 21.3 Å². The largest absolute Gasteiger partial charge is 0.496 e. The number of carbonyl (C=O) groups excluding carboxylic acids is 1. The van der Waals surface area contributed by atoms with Crippen LogP contribution in [0.5, 0.6) is 17.2 Å². The highest BCUT2D eigenvalue weighted by Gasteiger charge is 2.29. The van der Waals surface area contributed by atoms with Gasteiger partial charge in [-0.1, -0.05) is 30.3 Å². The molecule has 1 aliphatic heterocycles. The Morgan fingerprint density at radius 2 is 1.79 bits per heavy atom. The lowest BCUT2D eigenvalue weighted by molar-refractivity contribution is 0.103. The number of allylic oxidation sites excluding steroid dienone is 1. The van der Waals surface area contributed by atoms with Gasteiger partial charge in [0.15, 0.2) is 5.78 Å². The third kappa shape index (κ3) is 3.74. The van der Waals surface area contributed by atoms with E-state index in [0.717, 1.165) is 5.56 Å². The van der Waals surface area contributed by atoms with Gasteiger partial charge in [-0.25, -0.2) is 0 Å². The first kappa shape index (κ1) is 19.5. The van der Waals surface area contributed by atoms with Crippen LogP contribution in [0.1, 0.15) is 35.3 Å². The standard InChI is InChI=1S/C23H24O5/c1-23(2)12-11-16-19(28-23)14-20(26-4)21(22(16)27-5)17(24)13-18(25-3)15-9-7-6-8-10-15/h6-14H,1-5H3/b18-13+. The van der Waals surface area contributed by atoms with Gasteiger partial charge in [0.05, 0.1) is 26.9 Å². The molecule has 5 heteroatoms. The van der Waals surface area contributed by atoms with E-state index in [1.165, 1.54) is 27.4 Å². The molecule has 1 heterocycles. The van der Waals surface area contributed by atoms with E-state index in [2.05, 4.69) is 0 Å². The highest BCUT2D eigenvalue weighted by Crippen LogP contribution is 2.44. The highest BCUT2D eigenvalue weighted by molar-refractivity contribution is 6.12. The molecular formula is C23H24O5. The van der Waals surface area contributed by atoms with Crippen LogP contribution in [0.4, 0.5) is 0 Å². The minimum atomic E-state index is -0.453. The second-order valence-electron chi connectivity index (χ2n) is 6.88. The van der Waals surface area contributed by atoms with E-state index in [1.807, 2.05) is 56.3 Å². The monoisotopic (exact) mass is 380 g/mol. The van der Waals surface area contributed by atoms with Crippen LogP contribution in [0.25, 0.3) is 11.8 Å². The van der Waals surface area contributed by atoms with Gasteiger partial charge >= 0.3 is 0 Å². The fourth-order valence-electron chi connectivity index (χ4n) is 3.13. The average molecular weight is 380 g/mol. The predicted octanol–water partition coefficient (Wildman–Crippen LogP) is 4.76. The van der Waals surface area contributed by atoms with Crippen LogP contribution < -0.4 is 14.2 Å². The van der Waals surface area contributed by atoms with E-state index >= 15 is 0 Å². The SMILES string of the molecule is CO/C(=C/C(=O)c1c(OC)cc2c(c1OC)C=CC(C)(C)O2)c1ccccc1. The topological polar surface area (TPSA) is 54.0 Å². The number of fused-ring (bicyclic) bond motifs is 1. The summed E-state index contributed by atoms with van der Waals surface area (Å²) in [7, 11) is 4.57. The van der Waals surface area contributed by atoms with Gasteiger partial charge < -0.3 is 18.9 Å². The highest BCUT2D eigenvalue weighted by atomic mass is 16.5. The number of methoxy groups -OCH3 is 3. The zero-order valence-electron chi connectivity index (χ0n) is 16.7. The first-order valence-electron chi connectivity index (χ1n) is 8.93. The summed E-state index contributed by atoms with van der Waals surface area (Å²) in [6.45, 7) is 3.91. The molecule has 0 spiro atoms. The molecule has 0 radical (unpaired) electrons. The maximum absolute atomic E-state index is 13.2. The minimum absolute atomic E-state index is 0.282. The molecule has 146 valence electrons. The van der Waals surface area contributed by atoms with Crippen LogP contribution in [-0.4, -0.2) is 32.7 Å². The van der Waals surface area contributed by atoms with Crippen molar-refractivity contribution in [1.29, 1.82) is 0 Å². The first-order valence-corrected chi connectivity index (χ1v) is 8.93. The number of carbonyl (C=O) groups is 1. The smallest absolute Gasteiger partial charge is 0.197 e. The van der Waals surface area contributed by atoms with Crippen molar-refractivity contribution in [3.63, 3.8) is 0 Å². The molecule has 0 saturated carbocycles. The molecule has 0 fully saturated rings. The summed E-state index contributed by atoms with van der Waals surface area (Å²) in [6.07, 6.45) is 5.28. The molecule has 0 saturated heterocycles. The fourth-order valence-corrected chi connectivity index (χ4v) is 3.13. The second kappa shape index (κ2) is 7.80. The van der Waals surface area contributed by atoms with Crippen molar-refractivity contribution in [3.8, 4) is 17.2 Å². The normalized spacial score (nSPS) is 14.7. The van der Waals surface area contributed by atoms with E-state index in [9.17, 15) is 4.79 Å². The molecule has 0 bridgehead atoms. The van der Waals surface area contributed by atoms with Crippen LogP contribution >= 0.6 is 0 Å². The molecule has 0 N–H and O–H groups in total. The van der Waals surface area contributed by atoms with Crippen molar-refractivity contribution < 1.29 is 23.7 Å². The summed E-state index contributed by atoms with van der Waals surface area (Å²) in [5, 5.41) is 0. The van der Waals surface area contributed by atoms with Gasteiger partial charge in [0.25, 0.3) is 0 Å². The number of hydrogen-bond donors (Lipinski definition) is 0. The third-order valence-electron chi connectivity index (χ3n) is 4.48. The van der Waals surface area contributed by atoms with E-state index in [0.29, 0.717) is 34.1 Å². The zero-order valence-corrected chi connectivity index (χ0v) is 16.7. The number of ether oxygens (including phenoxy) is 4. The maximum Gasteiger partial charge on any atom is 0.197 e. The molecule has 0 aromatic heterocycles.